The van der Waals surface area contributed by atoms with Crippen LogP contribution in [-0.4, -0.2) is 22.0 Å². The summed E-state index contributed by atoms with van der Waals surface area (Å²) in [6.07, 6.45) is 4.02. The number of nitrogens with one attached hydrogen (secondary N) is 1. The highest BCUT2D eigenvalue weighted by atomic mass is 16.1. The van der Waals surface area contributed by atoms with Gasteiger partial charge in [-0.05, 0) is 50.5 Å². The van der Waals surface area contributed by atoms with Crippen LogP contribution < -0.4 is 5.32 Å². The molecule has 0 saturated carbocycles. The fourth-order valence-electron chi connectivity index (χ4n) is 3.47. The summed E-state index contributed by atoms with van der Waals surface area (Å²) in [6, 6.07) is 16.0. The topological polar surface area (TPSA) is 46.9 Å². The number of para-hydroxylation sites is 2. The van der Waals surface area contributed by atoms with Crippen LogP contribution in [0.3, 0.4) is 0 Å². The first-order chi connectivity index (χ1) is 13.6. The molecule has 3 aromatic rings. The summed E-state index contributed by atoms with van der Waals surface area (Å²) in [5, 5.41) is 3.03. The molecule has 1 N–H and O–H groups in total. The van der Waals surface area contributed by atoms with Crippen molar-refractivity contribution in [3.8, 4) is 0 Å². The molecule has 0 aliphatic rings. The van der Waals surface area contributed by atoms with Gasteiger partial charge in [-0.15, -0.1) is 0 Å². The van der Waals surface area contributed by atoms with E-state index in [9.17, 15) is 4.79 Å². The highest BCUT2D eigenvalue weighted by molar-refractivity contribution is 5.95. The monoisotopic (exact) mass is 375 g/mol. The molecule has 3 rings (SSSR count). The fraction of sp³-hybridized carbons (Fsp3) is 0.333. The Morgan fingerprint density at radius 1 is 1.07 bits per heavy atom. The molecule has 0 fully saturated rings. The molecule has 0 atom stereocenters. The molecule has 4 nitrogen and oxygen atoms in total. The Morgan fingerprint density at radius 3 is 2.61 bits per heavy atom. The Kier molecular flexibility index (Phi) is 6.64. The van der Waals surface area contributed by atoms with Gasteiger partial charge in [0, 0.05) is 25.1 Å². The van der Waals surface area contributed by atoms with Gasteiger partial charge in [0.15, 0.2) is 0 Å². The molecule has 4 heteroatoms. The molecule has 1 amide bonds. The van der Waals surface area contributed by atoms with Crippen LogP contribution in [0.4, 0.5) is 0 Å². The van der Waals surface area contributed by atoms with Crippen LogP contribution in [0.5, 0.6) is 0 Å². The molecule has 2 aromatic carbocycles. The van der Waals surface area contributed by atoms with Crippen molar-refractivity contribution in [3.63, 3.8) is 0 Å². The summed E-state index contributed by atoms with van der Waals surface area (Å²) in [5.74, 6) is 1.13. The lowest BCUT2D eigenvalue weighted by molar-refractivity contribution is 0.0952. The number of imidazole rings is 1. The largest absolute Gasteiger partial charge is 0.352 e. The first kappa shape index (κ1) is 19.9. The minimum atomic E-state index is 0.0151. The minimum Gasteiger partial charge on any atom is -0.352 e. The van der Waals surface area contributed by atoms with Crippen molar-refractivity contribution in [1.29, 1.82) is 0 Å². The van der Waals surface area contributed by atoms with Gasteiger partial charge in [-0.25, -0.2) is 4.98 Å². The number of aromatic nitrogens is 2. The van der Waals surface area contributed by atoms with Gasteiger partial charge in [-0.1, -0.05) is 48.9 Å². The number of fused-ring (bicyclic) bond motifs is 1. The van der Waals surface area contributed by atoms with Gasteiger partial charge >= 0.3 is 0 Å². The average molecular weight is 376 g/mol. The Bertz CT molecular complexity index is 971. The first-order valence-electron chi connectivity index (χ1n) is 9.98. The number of allylic oxidation sites excluding steroid dienone is 1. The summed E-state index contributed by atoms with van der Waals surface area (Å²) < 4.78 is 2.28. The van der Waals surface area contributed by atoms with E-state index in [0.717, 1.165) is 60.3 Å². The molecule has 1 aromatic heterocycles. The van der Waals surface area contributed by atoms with Crippen molar-refractivity contribution in [2.45, 2.75) is 46.1 Å². The van der Waals surface area contributed by atoms with Gasteiger partial charge in [-0.3, -0.25) is 4.79 Å². The number of carbonyl (C=O) groups is 1. The van der Waals surface area contributed by atoms with E-state index in [1.54, 1.807) is 0 Å². The molecule has 28 heavy (non-hydrogen) atoms. The van der Waals surface area contributed by atoms with Crippen LogP contribution in [-0.2, 0) is 13.0 Å². The zero-order valence-electron chi connectivity index (χ0n) is 16.9. The Labute approximate surface area is 167 Å². The van der Waals surface area contributed by atoms with Crippen LogP contribution >= 0.6 is 0 Å². The number of hydrogen-bond donors (Lipinski definition) is 1. The Hall–Kier alpha value is -2.88. The van der Waals surface area contributed by atoms with Crippen molar-refractivity contribution in [2.75, 3.05) is 6.54 Å². The number of unbranched alkanes of at least 4 members (excludes halogenated alkanes) is 2. The van der Waals surface area contributed by atoms with Crippen molar-refractivity contribution >= 4 is 16.9 Å². The number of amides is 1. The van der Waals surface area contributed by atoms with E-state index < -0.39 is 0 Å². The summed E-state index contributed by atoms with van der Waals surface area (Å²) in [7, 11) is 0. The second-order valence-corrected chi connectivity index (χ2v) is 7.44. The zero-order valence-corrected chi connectivity index (χ0v) is 16.9. The molecule has 0 radical (unpaired) electrons. The van der Waals surface area contributed by atoms with Crippen LogP contribution in [0.25, 0.3) is 11.0 Å². The quantitative estimate of drug-likeness (QED) is 0.419. The van der Waals surface area contributed by atoms with Gasteiger partial charge in [-0.2, -0.15) is 0 Å². The van der Waals surface area contributed by atoms with Crippen LogP contribution in [0.1, 0.15) is 47.9 Å². The number of carbonyl (C=O) groups excluding carboxylic acids is 1. The lowest BCUT2D eigenvalue weighted by Crippen LogP contribution is -2.25. The van der Waals surface area contributed by atoms with Crippen molar-refractivity contribution in [3.05, 3.63) is 77.6 Å². The number of hydrogen-bond acceptors (Lipinski definition) is 2. The van der Waals surface area contributed by atoms with E-state index >= 15 is 0 Å². The highest BCUT2D eigenvalue weighted by Gasteiger charge is 2.10. The smallest absolute Gasteiger partial charge is 0.251 e. The molecule has 0 saturated heterocycles. The molecule has 146 valence electrons. The van der Waals surface area contributed by atoms with E-state index in [1.807, 2.05) is 37.3 Å². The molecule has 1 heterocycles. The number of aryl methyl sites for hydroxylation is 2. The maximum absolute atomic E-state index is 12.2. The first-order valence-corrected chi connectivity index (χ1v) is 9.98. The third-order valence-electron chi connectivity index (χ3n) is 4.91. The van der Waals surface area contributed by atoms with Crippen molar-refractivity contribution < 1.29 is 4.79 Å². The van der Waals surface area contributed by atoms with Gasteiger partial charge in [0.1, 0.15) is 5.82 Å². The summed E-state index contributed by atoms with van der Waals surface area (Å²) >= 11 is 0. The molecular formula is C24H29N3O. The molecule has 0 aliphatic heterocycles. The lowest BCUT2D eigenvalue weighted by atomic mass is 10.1. The van der Waals surface area contributed by atoms with Crippen molar-refractivity contribution in [2.24, 2.45) is 0 Å². The van der Waals surface area contributed by atoms with Gasteiger partial charge in [0.25, 0.3) is 5.91 Å². The SMILES string of the molecule is C=C(C)Cn1c(CCCCCNC(=O)c2ccccc2C)nc2ccccc21. The van der Waals surface area contributed by atoms with E-state index in [2.05, 4.69) is 41.6 Å². The maximum Gasteiger partial charge on any atom is 0.251 e. The fourth-order valence-corrected chi connectivity index (χ4v) is 3.47. The van der Waals surface area contributed by atoms with Gasteiger partial charge in [0.2, 0.25) is 0 Å². The minimum absolute atomic E-state index is 0.0151. The van der Waals surface area contributed by atoms with Gasteiger partial charge in [0.05, 0.1) is 11.0 Å². The summed E-state index contributed by atoms with van der Waals surface area (Å²) in [5.41, 5.74) is 5.12. The van der Waals surface area contributed by atoms with E-state index in [4.69, 9.17) is 4.98 Å². The summed E-state index contributed by atoms with van der Waals surface area (Å²) in [6.45, 7) is 9.58. The van der Waals surface area contributed by atoms with E-state index in [1.165, 1.54) is 5.52 Å². The number of rotatable bonds is 9. The number of nitrogens with zero attached hydrogens (tertiary/aromatic N) is 2. The molecule has 0 unspecified atom stereocenters. The summed E-state index contributed by atoms with van der Waals surface area (Å²) in [4.78, 5) is 17.0. The predicted molar refractivity (Wildman–Crippen MR) is 116 cm³/mol. The molecule has 0 aliphatic carbocycles. The van der Waals surface area contributed by atoms with Crippen LogP contribution in [0.2, 0.25) is 0 Å². The van der Waals surface area contributed by atoms with Crippen LogP contribution in [0, 0.1) is 6.92 Å². The zero-order chi connectivity index (χ0) is 19.9. The predicted octanol–water partition coefficient (Wildman–Crippen LogP) is 5.06. The van der Waals surface area contributed by atoms with Crippen molar-refractivity contribution in [1.82, 2.24) is 14.9 Å². The Morgan fingerprint density at radius 2 is 1.82 bits per heavy atom. The van der Waals surface area contributed by atoms with Gasteiger partial charge < -0.3 is 9.88 Å². The van der Waals surface area contributed by atoms with E-state index in [-0.39, 0.29) is 5.91 Å². The number of benzene rings is 2. The molecule has 0 spiro atoms. The molecule has 0 bridgehead atoms. The third kappa shape index (κ3) is 4.89. The second-order valence-electron chi connectivity index (χ2n) is 7.44. The van der Waals surface area contributed by atoms with Crippen LogP contribution in [0.15, 0.2) is 60.7 Å². The third-order valence-corrected chi connectivity index (χ3v) is 4.91. The highest BCUT2D eigenvalue weighted by Crippen LogP contribution is 2.19. The maximum atomic E-state index is 12.2. The normalized spacial score (nSPS) is 10.9. The van der Waals surface area contributed by atoms with E-state index in [0.29, 0.717) is 6.54 Å². The lowest BCUT2D eigenvalue weighted by Gasteiger charge is -2.09. The molecular weight excluding hydrogens is 346 g/mol. The Balaban J connectivity index is 1.48. The standard InChI is InChI=1S/C24H29N3O/c1-18(2)17-27-22-14-9-8-13-21(22)26-23(27)15-5-4-10-16-25-24(28)20-12-7-6-11-19(20)3/h6-9,11-14H,1,4-5,10,15-17H2,2-3H3,(H,25,28). The average Bonchev–Trinajstić information content (AvgIpc) is 3.01. The second kappa shape index (κ2) is 9.36.